The second-order valence-electron chi connectivity index (χ2n) is 3.85. The summed E-state index contributed by atoms with van der Waals surface area (Å²) in [6.07, 6.45) is 2.64. The maximum Gasteiger partial charge on any atom is 0.0720 e. The van der Waals surface area contributed by atoms with Crippen LogP contribution in [0, 0.1) is 0 Å². The Hall–Kier alpha value is -0.860. The molecule has 0 aliphatic carbocycles. The summed E-state index contributed by atoms with van der Waals surface area (Å²) in [4.78, 5) is 0. The summed E-state index contributed by atoms with van der Waals surface area (Å²) < 4.78 is 5.75. The molecule has 1 aromatic rings. The minimum atomic E-state index is 0.346. The second kappa shape index (κ2) is 7.43. The van der Waals surface area contributed by atoms with Crippen molar-refractivity contribution in [1.29, 1.82) is 0 Å². The molecule has 1 aromatic carbocycles. The summed E-state index contributed by atoms with van der Waals surface area (Å²) in [5.74, 6) is 0. The van der Waals surface area contributed by atoms with Crippen molar-refractivity contribution in [3.63, 3.8) is 0 Å². The number of ether oxygens (including phenoxy) is 1. The Kier molecular flexibility index (Phi) is 6.05. The van der Waals surface area contributed by atoms with Gasteiger partial charge in [-0.25, -0.2) is 0 Å². The minimum Gasteiger partial charge on any atom is -0.374 e. The summed E-state index contributed by atoms with van der Waals surface area (Å²) in [7, 11) is 1.98. The van der Waals surface area contributed by atoms with Crippen LogP contribution in [0.15, 0.2) is 30.3 Å². The van der Waals surface area contributed by atoms with Crippen molar-refractivity contribution < 1.29 is 4.74 Å². The molecule has 1 rings (SSSR count). The van der Waals surface area contributed by atoms with E-state index in [1.54, 1.807) is 0 Å². The molecule has 2 heteroatoms. The van der Waals surface area contributed by atoms with E-state index >= 15 is 0 Å². The fraction of sp³-hybridized carbons (Fsp3) is 0.538. The average Bonchev–Trinajstić information content (AvgIpc) is 2.28. The molecule has 0 heterocycles. The van der Waals surface area contributed by atoms with Crippen LogP contribution in [-0.2, 0) is 11.3 Å². The monoisotopic (exact) mass is 207 g/mol. The molecule has 1 atom stereocenters. The van der Waals surface area contributed by atoms with Gasteiger partial charge in [0.2, 0.25) is 0 Å². The van der Waals surface area contributed by atoms with Gasteiger partial charge < -0.3 is 10.1 Å². The van der Waals surface area contributed by atoms with Gasteiger partial charge in [0.1, 0.15) is 0 Å². The van der Waals surface area contributed by atoms with Gasteiger partial charge in [-0.2, -0.15) is 0 Å². The number of hydrogen-bond donors (Lipinski definition) is 1. The Morgan fingerprint density at radius 3 is 2.67 bits per heavy atom. The molecular formula is C13H21NO. The molecule has 2 nitrogen and oxygen atoms in total. The summed E-state index contributed by atoms with van der Waals surface area (Å²) in [6.45, 7) is 3.93. The molecule has 0 spiro atoms. The fourth-order valence-corrected chi connectivity index (χ4v) is 1.46. The molecule has 0 aliphatic heterocycles. The van der Waals surface area contributed by atoms with Gasteiger partial charge in [-0.3, -0.25) is 0 Å². The van der Waals surface area contributed by atoms with Gasteiger partial charge in [0, 0.05) is 0 Å². The topological polar surface area (TPSA) is 21.3 Å². The summed E-state index contributed by atoms with van der Waals surface area (Å²) in [5, 5.41) is 3.14. The normalized spacial score (nSPS) is 12.7. The number of benzene rings is 1. The SMILES string of the molecule is CNCCCC(C)OCc1ccccc1. The van der Waals surface area contributed by atoms with Gasteiger partial charge in [0.05, 0.1) is 12.7 Å². The van der Waals surface area contributed by atoms with E-state index in [0.29, 0.717) is 6.10 Å². The Labute approximate surface area is 92.6 Å². The molecule has 0 bridgehead atoms. The predicted octanol–water partition coefficient (Wildman–Crippen LogP) is 2.59. The molecule has 0 saturated heterocycles. The number of rotatable bonds is 7. The molecule has 15 heavy (non-hydrogen) atoms. The lowest BCUT2D eigenvalue weighted by Crippen LogP contribution is -2.13. The molecular weight excluding hydrogens is 186 g/mol. The van der Waals surface area contributed by atoms with Gasteiger partial charge >= 0.3 is 0 Å². The number of hydrogen-bond acceptors (Lipinski definition) is 2. The van der Waals surface area contributed by atoms with E-state index in [1.165, 1.54) is 12.0 Å². The van der Waals surface area contributed by atoms with Crippen LogP contribution in [-0.4, -0.2) is 19.7 Å². The highest BCUT2D eigenvalue weighted by atomic mass is 16.5. The zero-order chi connectivity index (χ0) is 10.9. The van der Waals surface area contributed by atoms with Crippen molar-refractivity contribution in [1.82, 2.24) is 5.32 Å². The lowest BCUT2D eigenvalue weighted by Gasteiger charge is -2.12. The fourth-order valence-electron chi connectivity index (χ4n) is 1.46. The van der Waals surface area contributed by atoms with E-state index in [0.717, 1.165) is 19.6 Å². The molecule has 84 valence electrons. The van der Waals surface area contributed by atoms with Gasteiger partial charge in [-0.15, -0.1) is 0 Å². The van der Waals surface area contributed by atoms with Crippen LogP contribution in [0.25, 0.3) is 0 Å². The Balaban J connectivity index is 2.14. The van der Waals surface area contributed by atoms with E-state index in [2.05, 4.69) is 24.4 Å². The minimum absolute atomic E-state index is 0.346. The zero-order valence-electron chi connectivity index (χ0n) is 9.70. The molecule has 0 aromatic heterocycles. The maximum absolute atomic E-state index is 5.75. The van der Waals surface area contributed by atoms with Gasteiger partial charge in [0.25, 0.3) is 0 Å². The first kappa shape index (κ1) is 12.2. The van der Waals surface area contributed by atoms with Gasteiger partial charge in [0.15, 0.2) is 0 Å². The molecule has 0 fully saturated rings. The van der Waals surface area contributed by atoms with Crippen molar-refractivity contribution in [2.75, 3.05) is 13.6 Å². The predicted molar refractivity (Wildman–Crippen MR) is 63.9 cm³/mol. The van der Waals surface area contributed by atoms with Crippen molar-refractivity contribution in [3.8, 4) is 0 Å². The van der Waals surface area contributed by atoms with Crippen molar-refractivity contribution in [2.24, 2.45) is 0 Å². The summed E-state index contributed by atoms with van der Waals surface area (Å²) in [6, 6.07) is 10.3. The Bertz CT molecular complexity index is 248. The molecule has 0 radical (unpaired) electrons. The average molecular weight is 207 g/mol. The third kappa shape index (κ3) is 5.55. The summed E-state index contributed by atoms with van der Waals surface area (Å²) in [5.41, 5.74) is 1.25. The highest BCUT2D eigenvalue weighted by Gasteiger charge is 2.01. The van der Waals surface area contributed by atoms with Crippen LogP contribution in [0.4, 0.5) is 0 Å². The first-order chi connectivity index (χ1) is 7.33. The van der Waals surface area contributed by atoms with Crippen molar-refractivity contribution in [2.45, 2.75) is 32.5 Å². The quantitative estimate of drug-likeness (QED) is 0.694. The first-order valence-electron chi connectivity index (χ1n) is 5.63. The van der Waals surface area contributed by atoms with Crippen LogP contribution in [0.3, 0.4) is 0 Å². The third-order valence-electron chi connectivity index (χ3n) is 2.41. The van der Waals surface area contributed by atoms with E-state index in [1.807, 2.05) is 25.2 Å². The van der Waals surface area contributed by atoms with E-state index < -0.39 is 0 Å². The van der Waals surface area contributed by atoms with Crippen LogP contribution in [0.1, 0.15) is 25.3 Å². The summed E-state index contributed by atoms with van der Waals surface area (Å²) >= 11 is 0. The van der Waals surface area contributed by atoms with E-state index in [4.69, 9.17) is 4.74 Å². The van der Waals surface area contributed by atoms with Crippen LogP contribution in [0.2, 0.25) is 0 Å². The Morgan fingerprint density at radius 1 is 1.27 bits per heavy atom. The standard InChI is InChI=1S/C13H21NO/c1-12(7-6-10-14-2)15-11-13-8-4-3-5-9-13/h3-5,8-9,12,14H,6-7,10-11H2,1-2H3. The molecule has 0 aliphatic rings. The van der Waals surface area contributed by atoms with E-state index in [9.17, 15) is 0 Å². The highest BCUT2D eigenvalue weighted by Crippen LogP contribution is 2.06. The second-order valence-corrected chi connectivity index (χ2v) is 3.85. The molecule has 1 unspecified atom stereocenters. The smallest absolute Gasteiger partial charge is 0.0720 e. The van der Waals surface area contributed by atoms with Crippen LogP contribution < -0.4 is 5.32 Å². The van der Waals surface area contributed by atoms with Crippen LogP contribution >= 0.6 is 0 Å². The van der Waals surface area contributed by atoms with E-state index in [-0.39, 0.29) is 0 Å². The molecule has 0 saturated carbocycles. The maximum atomic E-state index is 5.75. The number of nitrogens with one attached hydrogen (secondary N) is 1. The van der Waals surface area contributed by atoms with Gasteiger partial charge in [-0.1, -0.05) is 30.3 Å². The van der Waals surface area contributed by atoms with Crippen molar-refractivity contribution in [3.05, 3.63) is 35.9 Å². The third-order valence-corrected chi connectivity index (χ3v) is 2.41. The molecule has 0 amide bonds. The molecule has 1 N–H and O–H groups in total. The largest absolute Gasteiger partial charge is 0.374 e. The van der Waals surface area contributed by atoms with Crippen molar-refractivity contribution >= 4 is 0 Å². The zero-order valence-corrected chi connectivity index (χ0v) is 9.70. The first-order valence-corrected chi connectivity index (χ1v) is 5.63. The highest BCUT2D eigenvalue weighted by molar-refractivity contribution is 5.13. The van der Waals surface area contributed by atoms with Gasteiger partial charge in [-0.05, 0) is 38.9 Å². The Morgan fingerprint density at radius 2 is 2.00 bits per heavy atom. The van der Waals surface area contributed by atoms with Crippen LogP contribution in [0.5, 0.6) is 0 Å². The lowest BCUT2D eigenvalue weighted by molar-refractivity contribution is 0.0464. The lowest BCUT2D eigenvalue weighted by atomic mass is 10.2.